The summed E-state index contributed by atoms with van der Waals surface area (Å²) in [6.45, 7) is 6.06. The zero-order chi connectivity index (χ0) is 16.0. The Morgan fingerprint density at radius 2 is 2.30 bits per heavy atom. The molecule has 2 fully saturated rings. The Hall–Kier alpha value is -1.72. The summed E-state index contributed by atoms with van der Waals surface area (Å²) in [7, 11) is 1.74. The standard InChI is InChI=1S/C18H21FN2O2/c1-12-5-17(20-16-6-14(19)3-4-15(12)16)21-7-13-8-23-11-18(13,9-21)10-22-2/h3-6,13H,7-11H2,1-2H3/t13-,18-/m0/s1. The lowest BCUT2D eigenvalue weighted by molar-refractivity contribution is 0.0660. The van der Waals surface area contributed by atoms with Gasteiger partial charge in [-0.05, 0) is 30.7 Å². The van der Waals surface area contributed by atoms with Crippen LogP contribution in [-0.2, 0) is 9.47 Å². The first-order chi connectivity index (χ1) is 11.1. The van der Waals surface area contributed by atoms with E-state index < -0.39 is 0 Å². The molecule has 2 atom stereocenters. The number of ether oxygens (including phenoxy) is 2. The summed E-state index contributed by atoms with van der Waals surface area (Å²) in [4.78, 5) is 7.00. The van der Waals surface area contributed by atoms with Crippen LogP contribution < -0.4 is 4.90 Å². The van der Waals surface area contributed by atoms with Crippen LogP contribution in [0.4, 0.5) is 10.2 Å². The summed E-state index contributed by atoms with van der Waals surface area (Å²) < 4.78 is 24.7. The lowest BCUT2D eigenvalue weighted by atomic mass is 9.82. The summed E-state index contributed by atoms with van der Waals surface area (Å²) in [5.74, 6) is 1.14. The van der Waals surface area contributed by atoms with Crippen molar-refractivity contribution in [2.75, 3.05) is 44.9 Å². The number of aromatic nitrogens is 1. The maximum absolute atomic E-state index is 13.5. The lowest BCUT2D eigenvalue weighted by Crippen LogP contribution is -2.35. The largest absolute Gasteiger partial charge is 0.384 e. The smallest absolute Gasteiger partial charge is 0.129 e. The van der Waals surface area contributed by atoms with Gasteiger partial charge in [-0.25, -0.2) is 9.37 Å². The fourth-order valence-corrected chi connectivity index (χ4v) is 4.02. The van der Waals surface area contributed by atoms with Crippen molar-refractivity contribution in [2.45, 2.75) is 6.92 Å². The van der Waals surface area contributed by atoms with Gasteiger partial charge in [0, 0.05) is 43.0 Å². The van der Waals surface area contributed by atoms with E-state index in [-0.39, 0.29) is 11.2 Å². The van der Waals surface area contributed by atoms with E-state index in [2.05, 4.69) is 17.9 Å². The third kappa shape index (κ3) is 2.39. The molecule has 3 heterocycles. The summed E-state index contributed by atoms with van der Waals surface area (Å²) in [6.07, 6.45) is 0. The number of hydrogen-bond acceptors (Lipinski definition) is 4. The average Bonchev–Trinajstić information content (AvgIpc) is 3.03. The van der Waals surface area contributed by atoms with Crippen LogP contribution in [0.2, 0.25) is 0 Å². The van der Waals surface area contributed by atoms with Crippen molar-refractivity contribution >= 4 is 16.7 Å². The highest BCUT2D eigenvalue weighted by Crippen LogP contribution is 2.43. The molecule has 0 N–H and O–H groups in total. The molecule has 0 saturated carbocycles. The SMILES string of the molecule is COC[C@@]12COC[C@@H]1CN(c1cc(C)c3ccc(F)cc3n1)C2. The molecule has 23 heavy (non-hydrogen) atoms. The second-order valence-corrected chi connectivity index (χ2v) is 6.85. The van der Waals surface area contributed by atoms with E-state index in [1.165, 1.54) is 12.1 Å². The molecule has 1 aromatic carbocycles. The highest BCUT2D eigenvalue weighted by atomic mass is 19.1. The summed E-state index contributed by atoms with van der Waals surface area (Å²) >= 11 is 0. The number of halogens is 1. The van der Waals surface area contributed by atoms with E-state index >= 15 is 0 Å². The maximum atomic E-state index is 13.5. The topological polar surface area (TPSA) is 34.6 Å². The number of aryl methyl sites for hydroxylation is 1. The van der Waals surface area contributed by atoms with Crippen molar-refractivity contribution in [3.63, 3.8) is 0 Å². The number of pyridine rings is 1. The van der Waals surface area contributed by atoms with E-state index in [0.29, 0.717) is 18.0 Å². The Labute approximate surface area is 135 Å². The van der Waals surface area contributed by atoms with Crippen molar-refractivity contribution in [3.05, 3.63) is 35.6 Å². The molecule has 2 aliphatic heterocycles. The number of methoxy groups -OCH3 is 1. The lowest BCUT2D eigenvalue weighted by Gasteiger charge is -2.26. The van der Waals surface area contributed by atoms with Crippen molar-refractivity contribution in [1.82, 2.24) is 4.98 Å². The second kappa shape index (κ2) is 5.42. The number of benzene rings is 1. The predicted octanol–water partition coefficient (Wildman–Crippen LogP) is 2.78. The number of hydrogen-bond donors (Lipinski definition) is 0. The second-order valence-electron chi connectivity index (χ2n) is 6.85. The minimum absolute atomic E-state index is 0.0568. The zero-order valence-corrected chi connectivity index (χ0v) is 13.5. The minimum atomic E-state index is -0.246. The molecule has 4 rings (SSSR count). The molecule has 122 valence electrons. The maximum Gasteiger partial charge on any atom is 0.129 e. The first kappa shape index (κ1) is 14.8. The molecule has 0 unspecified atom stereocenters. The van der Waals surface area contributed by atoms with Crippen LogP contribution in [-0.4, -0.2) is 45.0 Å². The normalized spacial score (nSPS) is 26.9. The Balaban J connectivity index is 1.70. The first-order valence-electron chi connectivity index (χ1n) is 8.00. The predicted molar refractivity (Wildman–Crippen MR) is 87.3 cm³/mol. The van der Waals surface area contributed by atoms with E-state index in [9.17, 15) is 4.39 Å². The van der Waals surface area contributed by atoms with Gasteiger partial charge in [-0.2, -0.15) is 0 Å². The van der Waals surface area contributed by atoms with Crippen LogP contribution in [0.5, 0.6) is 0 Å². The van der Waals surface area contributed by atoms with Crippen molar-refractivity contribution in [2.24, 2.45) is 11.3 Å². The molecule has 4 nitrogen and oxygen atoms in total. The Bertz CT molecular complexity index is 751. The molecular weight excluding hydrogens is 295 g/mol. The van der Waals surface area contributed by atoms with Gasteiger partial charge in [-0.1, -0.05) is 0 Å². The van der Waals surface area contributed by atoms with Gasteiger partial charge in [0.1, 0.15) is 11.6 Å². The van der Waals surface area contributed by atoms with Crippen molar-refractivity contribution in [1.29, 1.82) is 0 Å². The Morgan fingerprint density at radius 1 is 1.43 bits per heavy atom. The Kier molecular flexibility index (Phi) is 3.50. The highest BCUT2D eigenvalue weighted by molar-refractivity contribution is 5.84. The Morgan fingerprint density at radius 3 is 3.13 bits per heavy atom. The quantitative estimate of drug-likeness (QED) is 0.872. The molecule has 5 heteroatoms. The molecule has 0 bridgehead atoms. The first-order valence-corrected chi connectivity index (χ1v) is 8.00. The number of nitrogens with zero attached hydrogens (tertiary/aromatic N) is 2. The van der Waals surface area contributed by atoms with Crippen molar-refractivity contribution < 1.29 is 13.9 Å². The third-order valence-electron chi connectivity index (χ3n) is 5.24. The molecule has 2 aromatic rings. The molecule has 1 aromatic heterocycles. The van der Waals surface area contributed by atoms with E-state index in [4.69, 9.17) is 14.5 Å². The van der Waals surface area contributed by atoms with Gasteiger partial charge in [-0.15, -0.1) is 0 Å². The summed E-state index contributed by atoms with van der Waals surface area (Å²) in [5, 5.41) is 1.00. The fraction of sp³-hybridized carbons (Fsp3) is 0.500. The monoisotopic (exact) mass is 316 g/mol. The van der Waals surface area contributed by atoms with Gasteiger partial charge < -0.3 is 14.4 Å². The minimum Gasteiger partial charge on any atom is -0.384 e. The molecule has 2 saturated heterocycles. The number of rotatable bonds is 3. The highest BCUT2D eigenvalue weighted by Gasteiger charge is 2.51. The third-order valence-corrected chi connectivity index (χ3v) is 5.24. The zero-order valence-electron chi connectivity index (χ0n) is 13.5. The molecule has 0 spiro atoms. The fourth-order valence-electron chi connectivity index (χ4n) is 4.02. The van der Waals surface area contributed by atoms with Gasteiger partial charge in [-0.3, -0.25) is 0 Å². The summed E-state index contributed by atoms with van der Waals surface area (Å²) in [6, 6.07) is 6.90. The van der Waals surface area contributed by atoms with Gasteiger partial charge in [0.2, 0.25) is 0 Å². The molecule has 2 aliphatic rings. The van der Waals surface area contributed by atoms with Crippen LogP contribution in [0.15, 0.2) is 24.3 Å². The van der Waals surface area contributed by atoms with E-state index in [1.54, 1.807) is 13.2 Å². The van der Waals surface area contributed by atoms with Crippen molar-refractivity contribution in [3.8, 4) is 0 Å². The van der Waals surface area contributed by atoms with Gasteiger partial charge in [0.25, 0.3) is 0 Å². The van der Waals surface area contributed by atoms with Gasteiger partial charge in [0.05, 0.1) is 25.3 Å². The molecule has 0 radical (unpaired) electrons. The van der Waals surface area contributed by atoms with Crippen LogP contribution in [0.3, 0.4) is 0 Å². The van der Waals surface area contributed by atoms with E-state index in [1.807, 2.05) is 0 Å². The number of anilines is 1. The molecule has 0 aliphatic carbocycles. The van der Waals surface area contributed by atoms with Gasteiger partial charge in [0.15, 0.2) is 0 Å². The van der Waals surface area contributed by atoms with Crippen LogP contribution in [0.25, 0.3) is 10.9 Å². The van der Waals surface area contributed by atoms with Gasteiger partial charge >= 0.3 is 0 Å². The van der Waals surface area contributed by atoms with Crippen LogP contribution in [0.1, 0.15) is 5.56 Å². The van der Waals surface area contributed by atoms with Crippen LogP contribution >= 0.6 is 0 Å². The summed E-state index contributed by atoms with van der Waals surface area (Å²) in [5.41, 5.74) is 1.90. The molecular formula is C18H21FN2O2. The number of fused-ring (bicyclic) bond motifs is 2. The molecule has 0 amide bonds. The average molecular weight is 316 g/mol. The van der Waals surface area contributed by atoms with Crippen LogP contribution in [0, 0.1) is 24.1 Å². The van der Waals surface area contributed by atoms with E-state index in [0.717, 1.165) is 43.1 Å².